The lowest BCUT2D eigenvalue weighted by Crippen LogP contribution is -2.37. The molecule has 126 valence electrons. The zero-order valence-corrected chi connectivity index (χ0v) is 14.3. The maximum atomic E-state index is 12.4. The summed E-state index contributed by atoms with van der Waals surface area (Å²) in [5, 5.41) is 0. The lowest BCUT2D eigenvalue weighted by molar-refractivity contribution is -0.119. The third-order valence-electron chi connectivity index (χ3n) is 4.03. The molecule has 1 aliphatic carbocycles. The van der Waals surface area contributed by atoms with Crippen molar-refractivity contribution < 1.29 is 13.2 Å². The van der Waals surface area contributed by atoms with Gasteiger partial charge in [0.2, 0.25) is 5.91 Å². The third kappa shape index (κ3) is 3.84. The number of amides is 1. The highest BCUT2D eigenvalue weighted by atomic mass is 32.2. The van der Waals surface area contributed by atoms with Gasteiger partial charge in [-0.15, -0.1) is 0 Å². The fraction of sp³-hybridized carbons (Fsp3) is 0.562. The second kappa shape index (κ2) is 6.13. The second-order valence-corrected chi connectivity index (χ2v) is 8.04. The van der Waals surface area contributed by atoms with Gasteiger partial charge in [0, 0.05) is 24.2 Å². The topological polar surface area (TPSA) is 78.5 Å². The van der Waals surface area contributed by atoms with E-state index >= 15 is 0 Å². The minimum absolute atomic E-state index is 0.170. The Hall–Kier alpha value is -1.60. The highest BCUT2D eigenvalue weighted by Gasteiger charge is 2.35. The number of nitrogens with zero attached hydrogens (tertiary/aromatic N) is 1. The van der Waals surface area contributed by atoms with E-state index < -0.39 is 10.2 Å². The van der Waals surface area contributed by atoms with Gasteiger partial charge < -0.3 is 4.90 Å². The Kier molecular flexibility index (Phi) is 4.33. The highest BCUT2D eigenvalue weighted by molar-refractivity contribution is 7.90. The minimum Gasteiger partial charge on any atom is -0.312 e. The monoisotopic (exact) mass is 337 g/mol. The van der Waals surface area contributed by atoms with Gasteiger partial charge in [-0.25, -0.2) is 0 Å². The van der Waals surface area contributed by atoms with Crippen molar-refractivity contribution in [3.63, 3.8) is 0 Å². The molecule has 0 saturated heterocycles. The predicted octanol–water partition coefficient (Wildman–Crippen LogP) is 2.03. The molecule has 0 bridgehead atoms. The summed E-state index contributed by atoms with van der Waals surface area (Å²) in [7, 11) is -3.57. The number of fused-ring (bicyclic) bond motifs is 1. The van der Waals surface area contributed by atoms with E-state index in [4.69, 9.17) is 0 Å². The fourth-order valence-electron chi connectivity index (χ4n) is 2.94. The summed E-state index contributed by atoms with van der Waals surface area (Å²) >= 11 is 0. The smallest absolute Gasteiger partial charge is 0.299 e. The van der Waals surface area contributed by atoms with Crippen LogP contribution in [0, 0.1) is 5.92 Å². The van der Waals surface area contributed by atoms with Crippen molar-refractivity contribution in [1.29, 1.82) is 0 Å². The Bertz CT molecular complexity index is 711. The number of rotatable bonds is 5. The molecule has 1 amide bonds. The Morgan fingerprint density at radius 3 is 2.70 bits per heavy atom. The summed E-state index contributed by atoms with van der Waals surface area (Å²) in [6, 6.07) is 5.23. The van der Waals surface area contributed by atoms with Crippen molar-refractivity contribution in [3.8, 4) is 0 Å². The molecule has 1 aliphatic heterocycles. The predicted molar refractivity (Wildman–Crippen MR) is 90.7 cm³/mol. The molecular weight excluding hydrogens is 314 g/mol. The summed E-state index contributed by atoms with van der Waals surface area (Å²) in [6.45, 7) is 4.29. The molecular formula is C16H23N3O3S. The number of carbonyl (C=O) groups excluding carboxylic acids is 1. The van der Waals surface area contributed by atoms with Gasteiger partial charge in [0.15, 0.2) is 0 Å². The van der Waals surface area contributed by atoms with E-state index in [0.29, 0.717) is 5.69 Å². The highest BCUT2D eigenvalue weighted by Crippen LogP contribution is 2.36. The maximum absolute atomic E-state index is 12.4. The second-order valence-electron chi connectivity index (χ2n) is 6.59. The lowest BCUT2D eigenvalue weighted by Gasteiger charge is -2.30. The first-order valence-corrected chi connectivity index (χ1v) is 9.58. The van der Waals surface area contributed by atoms with Crippen LogP contribution in [0.3, 0.4) is 0 Å². The molecule has 0 radical (unpaired) electrons. The number of nitrogens with one attached hydrogen (secondary N) is 2. The van der Waals surface area contributed by atoms with Crippen LogP contribution >= 0.6 is 0 Å². The van der Waals surface area contributed by atoms with Crippen molar-refractivity contribution >= 4 is 27.5 Å². The van der Waals surface area contributed by atoms with Crippen molar-refractivity contribution in [2.45, 2.75) is 45.6 Å². The van der Waals surface area contributed by atoms with Gasteiger partial charge in [-0.1, -0.05) is 0 Å². The molecule has 1 saturated carbocycles. The number of benzene rings is 1. The van der Waals surface area contributed by atoms with Crippen LogP contribution in [0.15, 0.2) is 18.2 Å². The lowest BCUT2D eigenvalue weighted by atomic mass is 10.0. The minimum atomic E-state index is -3.57. The molecule has 1 heterocycles. The summed E-state index contributed by atoms with van der Waals surface area (Å²) < 4.78 is 29.0. The zero-order valence-electron chi connectivity index (χ0n) is 13.5. The van der Waals surface area contributed by atoms with E-state index in [-0.39, 0.29) is 17.9 Å². The van der Waals surface area contributed by atoms with E-state index in [1.807, 2.05) is 17.0 Å². The van der Waals surface area contributed by atoms with E-state index in [0.717, 1.165) is 43.5 Å². The standard InChI is InChI=1S/C16H23N3O3S/c1-11(2)17-23(21,22)18-14-7-8-15-13(10-14)4-3-9-19(15)16(20)12-5-6-12/h7-8,10-12,17-18H,3-6,9H2,1-2H3. The molecule has 6 nitrogen and oxygen atoms in total. The maximum Gasteiger partial charge on any atom is 0.299 e. The van der Waals surface area contributed by atoms with E-state index in [2.05, 4.69) is 9.44 Å². The van der Waals surface area contributed by atoms with Crippen LogP contribution in [-0.4, -0.2) is 26.9 Å². The van der Waals surface area contributed by atoms with E-state index in [9.17, 15) is 13.2 Å². The van der Waals surface area contributed by atoms with Crippen LogP contribution in [0.4, 0.5) is 11.4 Å². The number of hydrogen-bond donors (Lipinski definition) is 2. The van der Waals surface area contributed by atoms with Crippen molar-refractivity contribution in [2.24, 2.45) is 5.92 Å². The average Bonchev–Trinajstić information content (AvgIpc) is 3.28. The van der Waals surface area contributed by atoms with E-state index in [1.165, 1.54) is 0 Å². The number of anilines is 2. The van der Waals surface area contributed by atoms with Gasteiger partial charge in [-0.2, -0.15) is 13.1 Å². The van der Waals surface area contributed by atoms with Gasteiger partial charge >= 0.3 is 0 Å². The molecule has 1 aromatic carbocycles. The van der Waals surface area contributed by atoms with Crippen molar-refractivity contribution in [1.82, 2.24) is 4.72 Å². The summed E-state index contributed by atoms with van der Waals surface area (Å²) in [4.78, 5) is 14.2. The molecule has 2 N–H and O–H groups in total. The number of aryl methyl sites for hydroxylation is 1. The Morgan fingerprint density at radius 2 is 2.04 bits per heavy atom. The van der Waals surface area contributed by atoms with Gasteiger partial charge in [0.25, 0.3) is 10.2 Å². The molecule has 23 heavy (non-hydrogen) atoms. The Morgan fingerprint density at radius 1 is 1.30 bits per heavy atom. The van der Waals surface area contributed by atoms with Crippen LogP contribution in [0.2, 0.25) is 0 Å². The summed E-state index contributed by atoms with van der Waals surface area (Å²) in [5.41, 5.74) is 2.47. The third-order valence-corrected chi connectivity index (χ3v) is 5.32. The number of carbonyl (C=O) groups is 1. The van der Waals surface area contributed by atoms with Gasteiger partial charge in [-0.3, -0.25) is 9.52 Å². The fourth-order valence-corrected chi connectivity index (χ4v) is 4.05. The van der Waals surface area contributed by atoms with Gasteiger partial charge in [0.05, 0.1) is 5.69 Å². The summed E-state index contributed by atoms with van der Waals surface area (Å²) in [6.07, 6.45) is 3.75. The molecule has 0 atom stereocenters. The molecule has 7 heteroatoms. The van der Waals surface area contributed by atoms with Gasteiger partial charge in [-0.05, 0) is 63.3 Å². The SMILES string of the molecule is CC(C)NS(=O)(=O)Nc1ccc2c(c1)CCCN2C(=O)C1CC1. The van der Waals surface area contributed by atoms with Gasteiger partial charge in [0.1, 0.15) is 0 Å². The van der Waals surface area contributed by atoms with Crippen molar-refractivity contribution in [2.75, 3.05) is 16.2 Å². The Balaban J connectivity index is 1.80. The van der Waals surface area contributed by atoms with Crippen LogP contribution in [0.5, 0.6) is 0 Å². The first kappa shape index (κ1) is 16.3. The molecule has 2 aliphatic rings. The molecule has 0 aromatic heterocycles. The largest absolute Gasteiger partial charge is 0.312 e. The normalized spacial score (nSPS) is 18.0. The quantitative estimate of drug-likeness (QED) is 0.863. The molecule has 3 rings (SSSR count). The molecule has 0 spiro atoms. The van der Waals surface area contributed by atoms with Crippen molar-refractivity contribution in [3.05, 3.63) is 23.8 Å². The first-order valence-electron chi connectivity index (χ1n) is 8.10. The van der Waals surface area contributed by atoms with E-state index in [1.54, 1.807) is 19.9 Å². The molecule has 1 fully saturated rings. The Labute approximate surface area is 137 Å². The summed E-state index contributed by atoms with van der Waals surface area (Å²) in [5.74, 6) is 0.398. The number of hydrogen-bond acceptors (Lipinski definition) is 3. The van der Waals surface area contributed by atoms with Crippen LogP contribution in [0.1, 0.15) is 38.7 Å². The van der Waals surface area contributed by atoms with Crippen LogP contribution in [0.25, 0.3) is 0 Å². The van der Waals surface area contributed by atoms with Crippen LogP contribution in [-0.2, 0) is 21.4 Å². The molecule has 1 aromatic rings. The zero-order chi connectivity index (χ0) is 16.6. The first-order chi connectivity index (χ1) is 10.9. The molecule has 0 unspecified atom stereocenters. The van der Waals surface area contributed by atoms with Crippen LogP contribution < -0.4 is 14.3 Å². The average molecular weight is 337 g/mol.